The summed E-state index contributed by atoms with van der Waals surface area (Å²) in [7, 11) is 0. The zero-order chi connectivity index (χ0) is 13.8. The third kappa shape index (κ3) is 3.67. The Kier molecular flexibility index (Phi) is 4.77. The Labute approximate surface area is 114 Å². The molecule has 2 atom stereocenters. The molecule has 1 heterocycles. The van der Waals surface area contributed by atoms with Gasteiger partial charge in [-0.2, -0.15) is 0 Å². The highest BCUT2D eigenvalue weighted by Gasteiger charge is 2.22. The number of piperazine rings is 1. The highest BCUT2D eigenvalue weighted by atomic mass is 19.1. The first-order chi connectivity index (χ1) is 9.10. The Morgan fingerprint density at radius 3 is 2.89 bits per heavy atom. The van der Waals surface area contributed by atoms with E-state index in [0.717, 1.165) is 25.2 Å². The maximum absolute atomic E-state index is 13.8. The minimum absolute atomic E-state index is 0.268. The lowest BCUT2D eigenvalue weighted by Gasteiger charge is -2.37. The van der Waals surface area contributed by atoms with Crippen LogP contribution in [0.3, 0.4) is 0 Å². The van der Waals surface area contributed by atoms with E-state index >= 15 is 0 Å². The summed E-state index contributed by atoms with van der Waals surface area (Å²) in [6.45, 7) is 9.49. The lowest BCUT2D eigenvalue weighted by atomic mass is 10.1. The molecule has 0 aromatic heterocycles. The molecule has 1 saturated heterocycles. The largest absolute Gasteiger partial charge is 0.491 e. The second-order valence-corrected chi connectivity index (χ2v) is 5.29. The number of benzene rings is 1. The molecule has 2 rings (SSSR count). The van der Waals surface area contributed by atoms with Gasteiger partial charge in [-0.15, -0.1) is 0 Å². The fourth-order valence-corrected chi connectivity index (χ4v) is 2.47. The summed E-state index contributed by atoms with van der Waals surface area (Å²) in [5.74, 6) is 0.0724. The van der Waals surface area contributed by atoms with Crippen molar-refractivity contribution in [2.24, 2.45) is 0 Å². The highest BCUT2D eigenvalue weighted by Crippen LogP contribution is 2.20. The summed E-state index contributed by atoms with van der Waals surface area (Å²) in [5, 5.41) is 3.45. The van der Waals surface area contributed by atoms with Crippen molar-refractivity contribution >= 4 is 0 Å². The van der Waals surface area contributed by atoms with Crippen LogP contribution >= 0.6 is 0 Å². The quantitative estimate of drug-likeness (QED) is 0.905. The predicted octanol–water partition coefficient (Wildman–Crippen LogP) is 2.41. The Hall–Kier alpha value is -1.13. The second-order valence-electron chi connectivity index (χ2n) is 5.29. The predicted molar refractivity (Wildman–Crippen MR) is 74.9 cm³/mol. The molecule has 106 valence electrons. The van der Waals surface area contributed by atoms with Gasteiger partial charge in [0.2, 0.25) is 0 Å². The summed E-state index contributed by atoms with van der Waals surface area (Å²) in [6, 6.07) is 6.23. The molecule has 0 bridgehead atoms. The first kappa shape index (κ1) is 14.3. The molecule has 1 aromatic carbocycles. The van der Waals surface area contributed by atoms with Gasteiger partial charge < -0.3 is 10.1 Å². The van der Waals surface area contributed by atoms with E-state index in [9.17, 15) is 4.39 Å². The van der Waals surface area contributed by atoms with Gasteiger partial charge in [0.05, 0.1) is 6.61 Å². The third-order valence-electron chi connectivity index (χ3n) is 3.58. The molecule has 0 amide bonds. The molecule has 0 radical (unpaired) electrons. The van der Waals surface area contributed by atoms with Gasteiger partial charge in [0, 0.05) is 31.7 Å². The summed E-state index contributed by atoms with van der Waals surface area (Å²) in [6.07, 6.45) is 0. The van der Waals surface area contributed by atoms with Crippen molar-refractivity contribution in [3.05, 3.63) is 29.6 Å². The van der Waals surface area contributed by atoms with Gasteiger partial charge in [0.1, 0.15) is 0 Å². The Morgan fingerprint density at radius 2 is 2.21 bits per heavy atom. The SMILES string of the molecule is CCOc1ccc(CN2CC(C)NCC2C)cc1F. The molecular weight excluding hydrogens is 243 g/mol. The molecule has 4 heteroatoms. The van der Waals surface area contributed by atoms with Gasteiger partial charge in [-0.1, -0.05) is 6.07 Å². The van der Waals surface area contributed by atoms with E-state index in [2.05, 4.69) is 24.1 Å². The van der Waals surface area contributed by atoms with E-state index in [1.54, 1.807) is 12.1 Å². The number of rotatable bonds is 4. The number of nitrogens with one attached hydrogen (secondary N) is 1. The molecule has 0 saturated carbocycles. The van der Waals surface area contributed by atoms with Crippen molar-refractivity contribution in [2.75, 3.05) is 19.7 Å². The fraction of sp³-hybridized carbons (Fsp3) is 0.600. The molecular formula is C15H23FN2O. The Bertz CT molecular complexity index is 425. The van der Waals surface area contributed by atoms with Gasteiger partial charge in [0.25, 0.3) is 0 Å². The average Bonchev–Trinajstić information content (AvgIpc) is 2.37. The van der Waals surface area contributed by atoms with Crippen LogP contribution in [-0.4, -0.2) is 36.7 Å². The van der Waals surface area contributed by atoms with Gasteiger partial charge in [-0.05, 0) is 38.5 Å². The average molecular weight is 266 g/mol. The highest BCUT2D eigenvalue weighted by molar-refractivity contribution is 5.29. The Morgan fingerprint density at radius 1 is 1.42 bits per heavy atom. The summed E-state index contributed by atoms with van der Waals surface area (Å²) in [5.41, 5.74) is 1.00. The van der Waals surface area contributed by atoms with Crippen LogP contribution in [0, 0.1) is 5.82 Å². The van der Waals surface area contributed by atoms with E-state index in [1.807, 2.05) is 13.0 Å². The molecule has 3 nitrogen and oxygen atoms in total. The van der Waals surface area contributed by atoms with E-state index in [-0.39, 0.29) is 5.82 Å². The van der Waals surface area contributed by atoms with Crippen molar-refractivity contribution in [3.63, 3.8) is 0 Å². The van der Waals surface area contributed by atoms with Crippen molar-refractivity contribution in [3.8, 4) is 5.75 Å². The molecule has 19 heavy (non-hydrogen) atoms. The lowest BCUT2D eigenvalue weighted by Crippen LogP contribution is -2.53. The molecule has 1 aromatic rings. The lowest BCUT2D eigenvalue weighted by molar-refractivity contribution is 0.138. The molecule has 1 aliphatic rings. The van der Waals surface area contributed by atoms with Gasteiger partial charge in [-0.25, -0.2) is 4.39 Å². The molecule has 0 spiro atoms. The number of halogens is 1. The van der Waals surface area contributed by atoms with Crippen LogP contribution in [0.1, 0.15) is 26.3 Å². The van der Waals surface area contributed by atoms with Crippen LogP contribution in [0.2, 0.25) is 0 Å². The zero-order valence-corrected chi connectivity index (χ0v) is 11.9. The first-order valence-corrected chi connectivity index (χ1v) is 6.98. The third-order valence-corrected chi connectivity index (χ3v) is 3.58. The molecule has 0 aliphatic carbocycles. The molecule has 1 fully saturated rings. The van der Waals surface area contributed by atoms with E-state index in [1.165, 1.54) is 0 Å². The topological polar surface area (TPSA) is 24.5 Å². The maximum Gasteiger partial charge on any atom is 0.165 e. The van der Waals surface area contributed by atoms with Crippen molar-refractivity contribution in [1.29, 1.82) is 0 Å². The standard InChI is InChI=1S/C15H23FN2O/c1-4-19-15-6-5-13(7-14(15)16)10-18-9-11(2)17-8-12(18)3/h5-7,11-12,17H,4,8-10H2,1-3H3. The second kappa shape index (κ2) is 6.35. The number of ether oxygens (including phenoxy) is 1. The van der Waals surface area contributed by atoms with Crippen molar-refractivity contribution < 1.29 is 9.13 Å². The maximum atomic E-state index is 13.8. The van der Waals surface area contributed by atoms with Gasteiger partial charge >= 0.3 is 0 Å². The summed E-state index contributed by atoms with van der Waals surface area (Å²) >= 11 is 0. The fourth-order valence-electron chi connectivity index (χ4n) is 2.47. The summed E-state index contributed by atoms with van der Waals surface area (Å²) in [4.78, 5) is 2.39. The normalized spacial score (nSPS) is 24.4. The number of hydrogen-bond acceptors (Lipinski definition) is 3. The molecule has 1 N–H and O–H groups in total. The molecule has 2 unspecified atom stereocenters. The van der Waals surface area contributed by atoms with Crippen LogP contribution in [0.25, 0.3) is 0 Å². The van der Waals surface area contributed by atoms with Crippen LogP contribution < -0.4 is 10.1 Å². The monoisotopic (exact) mass is 266 g/mol. The van der Waals surface area contributed by atoms with E-state index in [4.69, 9.17) is 4.74 Å². The van der Waals surface area contributed by atoms with E-state index < -0.39 is 0 Å². The number of hydrogen-bond donors (Lipinski definition) is 1. The number of nitrogens with zero attached hydrogens (tertiary/aromatic N) is 1. The summed E-state index contributed by atoms with van der Waals surface area (Å²) < 4.78 is 19.0. The smallest absolute Gasteiger partial charge is 0.165 e. The van der Waals surface area contributed by atoms with Crippen LogP contribution in [0.4, 0.5) is 4.39 Å². The van der Waals surface area contributed by atoms with Crippen LogP contribution in [0.15, 0.2) is 18.2 Å². The van der Waals surface area contributed by atoms with Crippen molar-refractivity contribution in [2.45, 2.75) is 39.4 Å². The molecule has 1 aliphatic heterocycles. The zero-order valence-electron chi connectivity index (χ0n) is 11.9. The minimum Gasteiger partial charge on any atom is -0.491 e. The van der Waals surface area contributed by atoms with Crippen molar-refractivity contribution in [1.82, 2.24) is 10.2 Å². The van der Waals surface area contributed by atoms with Gasteiger partial charge in [0.15, 0.2) is 11.6 Å². The van der Waals surface area contributed by atoms with Crippen LogP contribution in [0.5, 0.6) is 5.75 Å². The van der Waals surface area contributed by atoms with E-state index in [0.29, 0.717) is 24.4 Å². The minimum atomic E-state index is -0.268. The first-order valence-electron chi connectivity index (χ1n) is 6.98. The Balaban J connectivity index is 2.04. The van der Waals surface area contributed by atoms with Crippen LogP contribution in [-0.2, 0) is 6.54 Å². The van der Waals surface area contributed by atoms with Gasteiger partial charge in [-0.3, -0.25) is 4.90 Å².